The molecule has 3 heterocycles. The average molecular weight is 438 g/mol. The summed E-state index contributed by atoms with van der Waals surface area (Å²) in [7, 11) is 0. The Morgan fingerprint density at radius 2 is 2.24 bits per heavy atom. The molecule has 3 N–H and O–H groups in total. The summed E-state index contributed by atoms with van der Waals surface area (Å²) < 4.78 is 37.1. The number of nitrogens with one attached hydrogen (secondary N) is 1. The number of aromatic nitrogens is 3. The minimum Gasteiger partial charge on any atom is -0.482 e. The lowest BCUT2D eigenvalue weighted by atomic mass is 10.0. The molecule has 0 saturated carbocycles. The van der Waals surface area contributed by atoms with Crippen molar-refractivity contribution in [1.29, 1.82) is 0 Å². The van der Waals surface area contributed by atoms with Crippen LogP contribution in [0.15, 0.2) is 36.8 Å². The zero-order valence-electron chi connectivity index (χ0n) is 17.5. The Balaban J connectivity index is 1.55. The predicted octanol–water partition coefficient (Wildman–Crippen LogP) is 4.33. The van der Waals surface area contributed by atoms with Gasteiger partial charge in [-0.25, -0.2) is 9.37 Å². The molecule has 3 aromatic rings. The van der Waals surface area contributed by atoms with Crippen LogP contribution in [0.1, 0.15) is 21.3 Å². The smallest absolute Gasteiger partial charge is 0.166 e. The first-order valence-electron chi connectivity index (χ1n) is 9.99. The van der Waals surface area contributed by atoms with Gasteiger partial charge in [0.1, 0.15) is 11.9 Å². The van der Waals surface area contributed by atoms with Gasteiger partial charge in [0.2, 0.25) is 0 Å². The third kappa shape index (κ3) is 4.17. The van der Waals surface area contributed by atoms with Gasteiger partial charge < -0.3 is 15.8 Å². The van der Waals surface area contributed by atoms with E-state index in [1.165, 1.54) is 12.1 Å². The van der Waals surface area contributed by atoms with Crippen molar-refractivity contribution >= 4 is 29.0 Å². The van der Waals surface area contributed by atoms with Crippen molar-refractivity contribution in [2.75, 3.05) is 18.8 Å². The van der Waals surface area contributed by atoms with E-state index in [0.717, 1.165) is 5.56 Å². The summed E-state index contributed by atoms with van der Waals surface area (Å²) in [6.45, 7) is 1.37. The van der Waals surface area contributed by atoms with E-state index < -0.39 is 18.4 Å². The number of pyridine rings is 1. The molecule has 2 atom stereocenters. The molecule has 1 saturated heterocycles. The second-order valence-corrected chi connectivity index (χ2v) is 7.58. The number of rotatable bonds is 6. The summed E-state index contributed by atoms with van der Waals surface area (Å²) in [6, 6.07) is 4.33. The molecule has 0 aliphatic carbocycles. The molecule has 152 valence electrons. The molecule has 1 unspecified atom stereocenters. The van der Waals surface area contributed by atoms with E-state index in [0.29, 0.717) is 30.0 Å². The van der Waals surface area contributed by atoms with Crippen molar-refractivity contribution in [3.8, 4) is 16.9 Å². The Labute approximate surface area is 180 Å². The van der Waals surface area contributed by atoms with Crippen LogP contribution in [0.4, 0.5) is 10.2 Å². The number of nitrogen functional groups attached to an aromatic ring is 1. The van der Waals surface area contributed by atoms with Crippen LogP contribution in [0.2, 0.25) is 10.0 Å². The standard InChI is InChI=1S/C20H20Cl2FN5O/c1-11(18-15(21)2-3-16(23)19(18)22)29-17-4-13(7-26-20(17)24)14-8-27-28(10-14)9-12-5-25-6-12/h2-4,7-8,10-12,25H,5-6,9H2,1H3,(H2,24,26)/t11-/m1/s1/i5D2/t11-,12?. The summed E-state index contributed by atoms with van der Waals surface area (Å²) in [4.78, 5) is 4.19. The van der Waals surface area contributed by atoms with Gasteiger partial charge in [-0.05, 0) is 25.1 Å². The van der Waals surface area contributed by atoms with Crippen LogP contribution in [0.25, 0.3) is 11.1 Å². The first kappa shape index (κ1) is 17.5. The SMILES string of the molecule is [2H]C1([2H])NCC1Cn1cc(-c2cnc(N)c(O[C@H](C)c3c(Cl)ccc(F)c3Cl)c2)cn1. The quantitative estimate of drug-likeness (QED) is 0.561. The maximum absolute atomic E-state index is 13.9. The van der Waals surface area contributed by atoms with Crippen molar-refractivity contribution in [1.82, 2.24) is 20.1 Å². The Morgan fingerprint density at radius 1 is 1.41 bits per heavy atom. The second kappa shape index (κ2) is 8.18. The van der Waals surface area contributed by atoms with Gasteiger partial charge in [0.15, 0.2) is 11.6 Å². The molecule has 0 radical (unpaired) electrons. The van der Waals surface area contributed by atoms with E-state index in [-0.39, 0.29) is 21.8 Å². The lowest BCUT2D eigenvalue weighted by Crippen LogP contribution is -2.44. The number of nitrogens with zero attached hydrogens (tertiary/aromatic N) is 3. The summed E-state index contributed by atoms with van der Waals surface area (Å²) in [5, 5.41) is 7.26. The minimum atomic E-state index is -1.38. The van der Waals surface area contributed by atoms with Crippen molar-refractivity contribution in [3.63, 3.8) is 0 Å². The zero-order chi connectivity index (χ0) is 22.3. The fourth-order valence-corrected chi connectivity index (χ4v) is 3.75. The molecule has 1 fully saturated rings. The van der Waals surface area contributed by atoms with Crippen molar-refractivity contribution in [3.05, 3.63) is 58.2 Å². The highest BCUT2D eigenvalue weighted by Gasteiger charge is 2.21. The second-order valence-electron chi connectivity index (χ2n) is 6.80. The third-order valence-corrected chi connectivity index (χ3v) is 5.41. The van der Waals surface area contributed by atoms with E-state index in [4.69, 9.17) is 36.4 Å². The largest absolute Gasteiger partial charge is 0.482 e. The molecule has 0 amide bonds. The zero-order valence-corrected chi connectivity index (χ0v) is 17.0. The number of nitrogens with two attached hydrogens (primary N) is 1. The highest BCUT2D eigenvalue weighted by Crippen LogP contribution is 2.36. The van der Waals surface area contributed by atoms with Crippen LogP contribution in [0.3, 0.4) is 0 Å². The van der Waals surface area contributed by atoms with Gasteiger partial charge in [0.25, 0.3) is 0 Å². The third-order valence-electron chi connectivity index (χ3n) is 4.70. The molecular weight excluding hydrogens is 416 g/mol. The van der Waals surface area contributed by atoms with Gasteiger partial charge in [0, 0.05) is 62.4 Å². The van der Waals surface area contributed by atoms with E-state index in [9.17, 15) is 4.39 Å². The van der Waals surface area contributed by atoms with E-state index in [1.807, 2.05) is 6.20 Å². The first-order chi connectivity index (χ1) is 14.7. The molecule has 29 heavy (non-hydrogen) atoms. The Kier molecular flexibility index (Phi) is 4.94. The highest BCUT2D eigenvalue weighted by molar-refractivity contribution is 6.36. The van der Waals surface area contributed by atoms with Crippen molar-refractivity contribution in [2.24, 2.45) is 5.92 Å². The molecule has 1 aliphatic rings. The summed E-state index contributed by atoms with van der Waals surface area (Å²) in [6.07, 6.45) is 4.41. The average Bonchev–Trinajstić information content (AvgIpc) is 3.19. The van der Waals surface area contributed by atoms with Crippen molar-refractivity contribution < 1.29 is 11.9 Å². The van der Waals surface area contributed by atoms with Gasteiger partial charge in [-0.1, -0.05) is 23.2 Å². The van der Waals surface area contributed by atoms with E-state index >= 15 is 0 Å². The Hall–Kier alpha value is -2.35. The number of hydrogen-bond acceptors (Lipinski definition) is 5. The molecule has 0 spiro atoms. The van der Waals surface area contributed by atoms with Crippen LogP contribution >= 0.6 is 23.2 Å². The van der Waals surface area contributed by atoms with Gasteiger partial charge in [0.05, 0.1) is 11.2 Å². The lowest BCUT2D eigenvalue weighted by Gasteiger charge is -2.26. The first-order valence-corrected chi connectivity index (χ1v) is 9.74. The van der Waals surface area contributed by atoms with Crippen LogP contribution in [0, 0.1) is 11.7 Å². The number of ether oxygens (including phenoxy) is 1. The maximum atomic E-state index is 13.9. The monoisotopic (exact) mass is 437 g/mol. The van der Waals surface area contributed by atoms with Gasteiger partial charge in [-0.15, -0.1) is 0 Å². The fourth-order valence-electron chi connectivity index (χ4n) is 3.07. The lowest BCUT2D eigenvalue weighted by molar-refractivity contribution is 0.227. The fraction of sp³-hybridized carbons (Fsp3) is 0.300. The van der Waals surface area contributed by atoms with Crippen molar-refractivity contribution in [2.45, 2.75) is 19.6 Å². The summed E-state index contributed by atoms with van der Waals surface area (Å²) in [5.74, 6) is -0.269. The van der Waals surface area contributed by atoms with Gasteiger partial charge >= 0.3 is 0 Å². The van der Waals surface area contributed by atoms with Crippen LogP contribution in [0.5, 0.6) is 5.75 Å². The summed E-state index contributed by atoms with van der Waals surface area (Å²) >= 11 is 12.3. The minimum absolute atomic E-state index is 0.102. The van der Waals surface area contributed by atoms with E-state index in [2.05, 4.69) is 15.4 Å². The van der Waals surface area contributed by atoms with Crippen LogP contribution < -0.4 is 15.8 Å². The van der Waals surface area contributed by atoms with Gasteiger partial charge in [-0.2, -0.15) is 5.10 Å². The molecular formula is C20H20Cl2FN5O. The molecule has 9 heteroatoms. The molecule has 4 rings (SSSR count). The summed E-state index contributed by atoms with van der Waals surface area (Å²) in [5.41, 5.74) is 7.80. The topological polar surface area (TPSA) is 78.0 Å². The normalized spacial score (nSPS) is 19.8. The maximum Gasteiger partial charge on any atom is 0.166 e. The number of hydrogen-bond donors (Lipinski definition) is 2. The molecule has 1 aromatic carbocycles. The molecule has 6 nitrogen and oxygen atoms in total. The molecule has 2 aromatic heterocycles. The number of anilines is 1. The Morgan fingerprint density at radius 3 is 2.97 bits per heavy atom. The number of halogens is 3. The van der Waals surface area contributed by atoms with Gasteiger partial charge in [-0.3, -0.25) is 4.68 Å². The predicted molar refractivity (Wildman–Crippen MR) is 112 cm³/mol. The van der Waals surface area contributed by atoms with E-state index in [1.54, 1.807) is 30.1 Å². The molecule has 0 bridgehead atoms. The van der Waals surface area contributed by atoms with Crippen LogP contribution in [-0.2, 0) is 6.54 Å². The van der Waals surface area contributed by atoms with Crippen LogP contribution in [-0.4, -0.2) is 27.8 Å². The highest BCUT2D eigenvalue weighted by atomic mass is 35.5. The number of benzene rings is 1. The molecule has 1 aliphatic heterocycles. The Bertz CT molecular complexity index is 1130.